The highest BCUT2D eigenvalue weighted by atomic mass is 31.3. The maximum Gasteiger partial charge on any atom is 0.326 e. The number of ether oxygens (including phenoxy) is 2. The van der Waals surface area contributed by atoms with Gasteiger partial charge in [0.15, 0.2) is 6.23 Å². The van der Waals surface area contributed by atoms with Crippen molar-refractivity contribution in [1.29, 1.82) is 0 Å². The fraction of sp³-hybridized carbons (Fsp3) is 0.276. The summed E-state index contributed by atoms with van der Waals surface area (Å²) >= 11 is 0. The standard InChI is InChI=1S/C29H32N2O18P4/c1-17-5-4-8-21(11-17)23-13-22-14-31(29(34)30-27(22)45-23)28-26(33)25(32)24(46-28)16-44-51(37,38)48-53(41,42)49-52(39,40)47-50(35,36)43-15-18-9-10-19-6-2-3-7-20(19)12-18/h2-14,24-28,32-33H,15-16H2,1H3,(H,30,34)(H,35,36)(H,37,38)(H,39,40)(H,41,42)/p-4/t24-,25+,26?,27?,28-/m1/s1. The molecule has 286 valence electrons. The van der Waals surface area contributed by atoms with Crippen molar-refractivity contribution < 1.29 is 84.3 Å². The lowest BCUT2D eigenvalue weighted by Crippen LogP contribution is -2.54. The van der Waals surface area contributed by atoms with Crippen molar-refractivity contribution in [2.24, 2.45) is 0 Å². The number of urea groups is 1. The van der Waals surface area contributed by atoms with Crippen LogP contribution in [0.4, 0.5) is 4.79 Å². The molecule has 3 heterocycles. The maximum atomic E-state index is 12.9. The minimum absolute atomic E-state index is 0.264. The van der Waals surface area contributed by atoms with Crippen LogP contribution in [-0.4, -0.2) is 58.5 Å². The van der Waals surface area contributed by atoms with Crippen LogP contribution in [0, 0.1) is 6.92 Å². The van der Waals surface area contributed by atoms with E-state index in [0.717, 1.165) is 21.4 Å². The van der Waals surface area contributed by atoms with Crippen molar-refractivity contribution in [2.75, 3.05) is 6.61 Å². The molecular formula is C29H28N2O18P4-4. The van der Waals surface area contributed by atoms with Gasteiger partial charge < -0.3 is 48.3 Å². The van der Waals surface area contributed by atoms with Crippen molar-refractivity contribution in [1.82, 2.24) is 10.2 Å². The second-order valence-corrected chi connectivity index (χ2v) is 17.7. The van der Waals surface area contributed by atoms with E-state index in [0.29, 0.717) is 16.7 Å². The molecule has 0 aromatic heterocycles. The summed E-state index contributed by atoms with van der Waals surface area (Å²) < 4.78 is 79.8. The third kappa shape index (κ3) is 9.78. The Hall–Kier alpha value is -3.09. The number of aryl methyl sites for hydroxylation is 1. The summed E-state index contributed by atoms with van der Waals surface area (Å²) in [6.07, 6.45) is -5.08. The van der Waals surface area contributed by atoms with Gasteiger partial charge in [0.05, 0.1) is 13.2 Å². The second kappa shape index (κ2) is 15.2. The van der Waals surface area contributed by atoms with Crippen LogP contribution in [0.25, 0.3) is 16.5 Å². The fourth-order valence-electron chi connectivity index (χ4n) is 5.41. The normalized spacial score (nSPS) is 27.3. The number of hydrogen-bond acceptors (Lipinski definition) is 18. The van der Waals surface area contributed by atoms with E-state index in [1.54, 1.807) is 42.5 Å². The van der Waals surface area contributed by atoms with Gasteiger partial charge in [0.2, 0.25) is 6.23 Å². The quantitative estimate of drug-likeness (QED) is 0.193. The number of nitrogens with zero attached hydrogens (tertiary/aromatic N) is 1. The number of aliphatic hydroxyl groups excluding tert-OH is 2. The maximum absolute atomic E-state index is 12.9. The Labute approximate surface area is 300 Å². The second-order valence-electron chi connectivity index (χ2n) is 11.7. The highest BCUT2D eigenvalue weighted by Crippen LogP contribution is 2.67. The predicted molar refractivity (Wildman–Crippen MR) is 172 cm³/mol. The number of phosphoric ester groups is 2. The Morgan fingerprint density at radius 2 is 1.47 bits per heavy atom. The molecule has 6 unspecified atom stereocenters. The van der Waals surface area contributed by atoms with Gasteiger partial charge in [0.1, 0.15) is 24.1 Å². The summed E-state index contributed by atoms with van der Waals surface area (Å²) in [4.78, 5) is 62.4. The van der Waals surface area contributed by atoms with Crippen molar-refractivity contribution in [3.05, 3.63) is 101 Å². The Kier molecular flexibility index (Phi) is 11.4. The van der Waals surface area contributed by atoms with E-state index in [1.807, 2.05) is 25.1 Å². The molecule has 24 heteroatoms. The predicted octanol–water partition coefficient (Wildman–Crippen LogP) is 1.36. The third-order valence-electron chi connectivity index (χ3n) is 7.74. The molecular weight excluding hydrogens is 788 g/mol. The van der Waals surface area contributed by atoms with Gasteiger partial charge in [0, 0.05) is 17.3 Å². The third-order valence-corrected chi connectivity index (χ3v) is 13.4. The smallest absolute Gasteiger partial charge is 0.326 e. The number of rotatable bonds is 14. The summed E-state index contributed by atoms with van der Waals surface area (Å²) in [7, 11) is -24.8. The Morgan fingerprint density at radius 1 is 0.811 bits per heavy atom. The molecule has 9 atom stereocenters. The Bertz CT molecular complexity index is 2160. The molecule has 20 nitrogen and oxygen atoms in total. The summed E-state index contributed by atoms with van der Waals surface area (Å²) in [6, 6.07) is 18.1. The number of phosphoric acid groups is 4. The van der Waals surface area contributed by atoms with Crippen LogP contribution in [0.15, 0.2) is 84.6 Å². The van der Waals surface area contributed by atoms with Gasteiger partial charge >= 0.3 is 6.03 Å². The van der Waals surface area contributed by atoms with Gasteiger partial charge in [-0.25, -0.2) is 17.7 Å². The molecule has 0 radical (unpaired) electrons. The monoisotopic (exact) mass is 816 g/mol. The van der Waals surface area contributed by atoms with E-state index < -0.39 is 81.3 Å². The van der Waals surface area contributed by atoms with Gasteiger partial charge in [-0.1, -0.05) is 60.2 Å². The first-order valence-electron chi connectivity index (χ1n) is 15.2. The topological polar surface area (TPSA) is 298 Å². The Balaban J connectivity index is 1.02. The summed E-state index contributed by atoms with van der Waals surface area (Å²) in [5.74, 6) is 0.435. The molecule has 0 bridgehead atoms. The fourth-order valence-corrected chi connectivity index (χ4v) is 10.1. The van der Waals surface area contributed by atoms with Crippen LogP contribution in [0.5, 0.6) is 0 Å². The molecule has 1 fully saturated rings. The van der Waals surface area contributed by atoms with E-state index >= 15 is 0 Å². The zero-order valence-corrected chi connectivity index (χ0v) is 30.5. The molecule has 3 aromatic carbocycles. The molecule has 53 heavy (non-hydrogen) atoms. The lowest BCUT2D eigenvalue weighted by atomic mass is 10.1. The lowest BCUT2D eigenvalue weighted by Gasteiger charge is -2.36. The first-order chi connectivity index (χ1) is 24.8. The SMILES string of the molecule is Cc1cccc(C2=CC3=CN([C@@H]4O[C@H](COP(=O)([O-])OP(=O)([O-])OP(=O)([O-])OP(=O)([O-])OCc5ccc6ccccc6c5)[C@H](O)C4O)C(=O)NC3O2)c1. The Morgan fingerprint density at radius 3 is 2.17 bits per heavy atom. The van der Waals surface area contributed by atoms with Crippen LogP contribution >= 0.6 is 31.3 Å². The molecule has 3 aliphatic rings. The zero-order chi connectivity index (χ0) is 38.3. The van der Waals surface area contributed by atoms with E-state index in [-0.39, 0.29) is 5.56 Å². The molecule has 3 N–H and O–H groups in total. The van der Waals surface area contributed by atoms with E-state index in [4.69, 9.17) is 9.47 Å². The van der Waals surface area contributed by atoms with Gasteiger partial charge in [-0.15, -0.1) is 0 Å². The van der Waals surface area contributed by atoms with Crippen LogP contribution in [0.2, 0.25) is 0 Å². The minimum atomic E-state index is -6.50. The summed E-state index contributed by atoms with van der Waals surface area (Å²) in [5, 5.41) is 25.2. The van der Waals surface area contributed by atoms with Crippen LogP contribution in [-0.2, 0) is 56.3 Å². The molecule has 3 aliphatic heterocycles. The minimum Gasteiger partial charge on any atom is -0.756 e. The van der Waals surface area contributed by atoms with E-state index in [9.17, 15) is 52.8 Å². The molecule has 0 spiro atoms. The van der Waals surface area contributed by atoms with Gasteiger partial charge in [0.25, 0.3) is 31.3 Å². The van der Waals surface area contributed by atoms with Crippen LogP contribution in [0.1, 0.15) is 16.7 Å². The van der Waals surface area contributed by atoms with Crippen molar-refractivity contribution in [3.63, 3.8) is 0 Å². The number of benzene rings is 3. The highest BCUT2D eigenvalue weighted by Gasteiger charge is 2.49. The molecule has 1 saturated heterocycles. The average Bonchev–Trinajstić information content (AvgIpc) is 3.60. The number of carbonyl (C=O) groups excluding carboxylic acids is 1. The number of carbonyl (C=O) groups is 1. The van der Waals surface area contributed by atoms with Crippen molar-refractivity contribution in [2.45, 2.75) is 44.3 Å². The average molecular weight is 816 g/mol. The van der Waals surface area contributed by atoms with Crippen LogP contribution < -0.4 is 24.9 Å². The van der Waals surface area contributed by atoms with Gasteiger partial charge in [-0.05, 0) is 41.5 Å². The molecule has 2 amide bonds. The lowest BCUT2D eigenvalue weighted by molar-refractivity contribution is -0.255. The number of amides is 2. The highest BCUT2D eigenvalue weighted by molar-refractivity contribution is 7.68. The van der Waals surface area contributed by atoms with E-state index in [1.165, 1.54) is 18.3 Å². The first kappa shape index (κ1) is 39.6. The van der Waals surface area contributed by atoms with Crippen molar-refractivity contribution in [3.8, 4) is 0 Å². The first-order valence-corrected chi connectivity index (χ1v) is 21.1. The molecule has 6 rings (SSSR count). The number of aliphatic hydroxyl groups is 2. The van der Waals surface area contributed by atoms with E-state index in [2.05, 4.69) is 27.3 Å². The van der Waals surface area contributed by atoms with Gasteiger partial charge in [-0.2, -0.15) is 0 Å². The van der Waals surface area contributed by atoms with Crippen molar-refractivity contribution >= 4 is 53.9 Å². The molecule has 3 aromatic rings. The number of nitrogens with one attached hydrogen (secondary N) is 1. The largest absolute Gasteiger partial charge is 0.756 e. The number of fused-ring (bicyclic) bond motifs is 2. The number of hydrogen-bond donors (Lipinski definition) is 3. The molecule has 0 aliphatic carbocycles. The zero-order valence-electron chi connectivity index (χ0n) is 27.0. The molecule has 0 saturated carbocycles. The van der Waals surface area contributed by atoms with Crippen LogP contribution in [0.3, 0.4) is 0 Å². The summed E-state index contributed by atoms with van der Waals surface area (Å²) in [6.45, 7) is -0.0771. The summed E-state index contributed by atoms with van der Waals surface area (Å²) in [5.41, 5.74) is 2.37. The van der Waals surface area contributed by atoms with Gasteiger partial charge in [-0.3, -0.25) is 28.5 Å².